The van der Waals surface area contributed by atoms with E-state index in [0.717, 1.165) is 71.1 Å². The number of carbonyl (C=O) groups is 4. The number of ether oxygens (including phenoxy) is 4. The molecule has 0 amide bonds. The second-order valence-corrected chi connectivity index (χ2v) is 19.8. The minimum Gasteiger partial charge on any atom is -0.454 e. The van der Waals surface area contributed by atoms with Gasteiger partial charge in [-0.3, -0.25) is 19.2 Å². The van der Waals surface area contributed by atoms with Crippen molar-refractivity contribution in [1.29, 1.82) is 0 Å². The van der Waals surface area contributed by atoms with Crippen LogP contribution in [0.25, 0.3) is 10.9 Å². The van der Waals surface area contributed by atoms with Crippen LogP contribution in [0.5, 0.6) is 23.0 Å². The Morgan fingerprint density at radius 2 is 1.20 bits per heavy atom. The minimum atomic E-state index is -0.568. The number of aliphatic hydroxyl groups excluding tert-OH is 1. The van der Waals surface area contributed by atoms with Gasteiger partial charge in [-0.1, -0.05) is 73.6 Å². The molecule has 15 heteroatoms. The van der Waals surface area contributed by atoms with Crippen LogP contribution in [0.15, 0.2) is 66.7 Å². The van der Waals surface area contributed by atoms with E-state index in [0.29, 0.717) is 40.7 Å². The maximum Gasteiger partial charge on any atom is 1.00 e. The Morgan fingerprint density at radius 3 is 1.64 bits per heavy atom. The van der Waals surface area contributed by atoms with Crippen molar-refractivity contribution in [3.63, 3.8) is 0 Å². The van der Waals surface area contributed by atoms with E-state index in [4.69, 9.17) is 28.5 Å². The van der Waals surface area contributed by atoms with E-state index in [2.05, 4.69) is 46.9 Å². The summed E-state index contributed by atoms with van der Waals surface area (Å²) in [5.41, 5.74) is 5.35. The fourth-order valence-electron chi connectivity index (χ4n) is 9.30. The Hall–Kier alpha value is -5.02. The van der Waals surface area contributed by atoms with Gasteiger partial charge in [0.1, 0.15) is 23.2 Å². The first-order valence-electron chi connectivity index (χ1n) is 23.2. The molecular weight excluding hydrogens is 904 g/mol. The number of halogens is 2. The molecule has 10 rings (SSSR count). The summed E-state index contributed by atoms with van der Waals surface area (Å²) in [7, 11) is 0. The first-order valence-corrected chi connectivity index (χ1v) is 23.2. The number of aldehydes is 2. The first kappa shape index (κ1) is 57.6. The van der Waals surface area contributed by atoms with Crippen LogP contribution in [-0.4, -0.2) is 68.5 Å². The van der Waals surface area contributed by atoms with Crippen LogP contribution in [0.4, 0.5) is 14.5 Å². The number of hydrogen-bond donors (Lipinski definition) is 2. The molecule has 0 spiro atoms. The van der Waals surface area contributed by atoms with E-state index in [1.54, 1.807) is 12.1 Å². The zero-order valence-electron chi connectivity index (χ0n) is 42.4. The fourth-order valence-corrected chi connectivity index (χ4v) is 9.30. The van der Waals surface area contributed by atoms with Gasteiger partial charge in [-0.2, -0.15) is 0 Å². The van der Waals surface area contributed by atoms with Gasteiger partial charge in [-0.15, -0.1) is 0 Å². The molecule has 2 saturated carbocycles. The Bertz CT molecular complexity index is 2690. The number of hydrogen-bond acceptors (Lipinski definition) is 10. The number of carbonyl (C=O) groups excluding carboxylic acids is 4. The molecule has 3 aliphatic heterocycles. The van der Waals surface area contributed by atoms with Crippen LogP contribution >= 0.6 is 0 Å². The number of Topliss-reactive ketones (excluding diaryl/α,β-unsaturated/α-hetero) is 2. The van der Waals surface area contributed by atoms with E-state index in [1.807, 2.05) is 66.9 Å². The number of nitrogens with zero attached hydrogens (tertiary/aromatic N) is 1. The molecule has 5 aliphatic rings. The molecule has 0 saturated heterocycles. The summed E-state index contributed by atoms with van der Waals surface area (Å²) >= 11 is 0. The molecule has 1 aromatic heterocycles. The van der Waals surface area contributed by atoms with Crippen LogP contribution in [0.1, 0.15) is 115 Å². The van der Waals surface area contributed by atoms with Crippen LogP contribution in [0.3, 0.4) is 0 Å². The van der Waals surface area contributed by atoms with Gasteiger partial charge in [0.05, 0.1) is 23.0 Å². The van der Waals surface area contributed by atoms with Gasteiger partial charge >= 0.3 is 29.6 Å². The molecule has 367 valence electrons. The van der Waals surface area contributed by atoms with E-state index in [-0.39, 0.29) is 131 Å². The summed E-state index contributed by atoms with van der Waals surface area (Å²) in [5.74, 6) is 2.16. The third-order valence-corrected chi connectivity index (χ3v) is 13.4. The monoisotopic (exact) mass is 969 g/mol. The molecule has 5 aromatic rings. The van der Waals surface area contributed by atoms with Crippen molar-refractivity contribution in [3.8, 4) is 23.0 Å². The number of fused-ring (bicyclic) bond motifs is 4. The molecule has 4 heterocycles. The molecule has 11 nitrogen and oxygen atoms in total. The summed E-state index contributed by atoms with van der Waals surface area (Å²) in [6.45, 7) is 17.6. The van der Waals surface area contributed by atoms with E-state index < -0.39 is 10.8 Å². The second-order valence-electron chi connectivity index (χ2n) is 19.8. The summed E-state index contributed by atoms with van der Waals surface area (Å²) in [6.07, 6.45) is 4.53. The third-order valence-electron chi connectivity index (χ3n) is 13.4. The summed E-state index contributed by atoms with van der Waals surface area (Å²) < 4.78 is 53.6. The van der Waals surface area contributed by atoms with Crippen molar-refractivity contribution in [2.75, 3.05) is 25.5 Å². The zero-order chi connectivity index (χ0) is 48.5. The molecule has 1 atom stereocenters. The molecule has 1 unspecified atom stereocenters. The maximum absolute atomic E-state index is 15.1. The largest absolute Gasteiger partial charge is 1.00 e. The van der Waals surface area contributed by atoms with Gasteiger partial charge in [0.15, 0.2) is 35.6 Å². The molecule has 0 bridgehead atoms. The molecule has 2 aliphatic carbocycles. The van der Waals surface area contributed by atoms with Crippen LogP contribution in [0, 0.1) is 24.5 Å². The fraction of sp³-hybridized carbons (Fsp3) is 0.436. The Morgan fingerprint density at radius 1 is 0.729 bits per heavy atom. The van der Waals surface area contributed by atoms with E-state index >= 15 is 4.39 Å². The van der Waals surface area contributed by atoms with Gasteiger partial charge in [0, 0.05) is 56.0 Å². The van der Waals surface area contributed by atoms with Gasteiger partial charge < -0.3 is 41.4 Å². The van der Waals surface area contributed by atoms with Crippen molar-refractivity contribution in [1.82, 2.24) is 4.57 Å². The molecular formula is C55H65BF2N2NaO9. The normalized spacial score (nSPS) is 16.6. The van der Waals surface area contributed by atoms with Crippen LogP contribution in [0.2, 0.25) is 0 Å². The predicted octanol–water partition coefficient (Wildman–Crippen LogP) is 6.91. The Labute approximate surface area is 435 Å². The Kier molecular flexibility index (Phi) is 18.9. The number of aliphatic hydroxyl groups is 1. The number of aromatic nitrogens is 1. The van der Waals surface area contributed by atoms with Crippen molar-refractivity contribution >= 4 is 49.1 Å². The zero-order valence-corrected chi connectivity index (χ0v) is 44.4. The van der Waals surface area contributed by atoms with Crippen molar-refractivity contribution in [2.45, 2.75) is 129 Å². The molecule has 2 N–H and O–H groups in total. The van der Waals surface area contributed by atoms with Crippen molar-refractivity contribution in [2.24, 2.45) is 5.41 Å². The predicted molar refractivity (Wildman–Crippen MR) is 265 cm³/mol. The first-order chi connectivity index (χ1) is 31.9. The van der Waals surface area contributed by atoms with Gasteiger partial charge in [-0.05, 0) is 114 Å². The molecule has 2 fully saturated rings. The molecule has 4 aromatic carbocycles. The quantitative estimate of drug-likeness (QED) is 0.0622. The van der Waals surface area contributed by atoms with E-state index in [1.165, 1.54) is 6.07 Å². The van der Waals surface area contributed by atoms with Gasteiger partial charge in [0.2, 0.25) is 13.6 Å². The van der Waals surface area contributed by atoms with Crippen molar-refractivity contribution < 1.29 is 81.6 Å². The summed E-state index contributed by atoms with van der Waals surface area (Å²) in [6, 6.07) is 20.4. The number of anilines is 1. The number of nitrogens with one attached hydrogen (secondary N) is 1. The summed E-state index contributed by atoms with van der Waals surface area (Å²) in [5, 5.41) is 13.8. The molecule has 3 radical (unpaired) electrons. The Balaban J connectivity index is 0.000000265. The molecule has 70 heavy (non-hydrogen) atoms. The SMILES string of the molecule is CC.CC(C)(C)C1Cc2cc(CC(=O)C3(c4ccc5c(c4)OCO5)CC3)c(F)cc2N1.CC(C)(C)c1cc2cc(CC(=O)C3(c4ccc5c(c4)OCO5)CC3)c(F)cc2n1CCO.O=CC=O.[B].[CH3-].[Na+]. The number of benzene rings is 4. The van der Waals surface area contributed by atoms with E-state index in [9.17, 15) is 19.1 Å². The smallest absolute Gasteiger partial charge is 0.454 e. The second kappa shape index (κ2) is 23.0. The van der Waals surface area contributed by atoms with Crippen LogP contribution < -0.4 is 53.8 Å². The average molecular weight is 970 g/mol. The van der Waals surface area contributed by atoms with Crippen molar-refractivity contribution in [3.05, 3.63) is 119 Å². The summed E-state index contributed by atoms with van der Waals surface area (Å²) in [4.78, 5) is 44.2. The average Bonchev–Trinajstić information content (AvgIpc) is 4.04. The topological polar surface area (TPSA) is 142 Å². The number of rotatable bonds is 11. The van der Waals surface area contributed by atoms with Gasteiger partial charge in [0.25, 0.3) is 0 Å². The number of ketones is 2. The standard InChI is InChI=1S/C26H28FNO4.C24H26FNO3.C2H2O2.C2H6.CH3.B.Na/c1-25(2,3)23-11-17-10-16(19(27)14-20(17)28(23)8-9-29)12-24(30)26(6-7-26)18-4-5-21-22(13-18)32-15-31-21;1-23(2,3)21-9-15-8-14(17(25)12-18(15)26-21)10-22(27)24(6-7-24)16-4-5-19-20(11-16)29-13-28-19;3-1-2-4;1-2;;;/h4-5,10-11,13-14,29H,6-9,12,15H2,1-3H3;4-5,8,11-12,21,26H,6-7,9-10,13H2,1-3H3;1-2H;1-2H3;1H3;;/q;;;;-1;;+1. The van der Waals surface area contributed by atoms with Gasteiger partial charge in [-0.25, -0.2) is 8.78 Å². The minimum absolute atomic E-state index is 0. The third kappa shape index (κ3) is 11.8. The van der Waals surface area contributed by atoms with Crippen LogP contribution in [-0.2, 0) is 61.2 Å². The maximum atomic E-state index is 15.1.